The van der Waals surface area contributed by atoms with Crippen molar-refractivity contribution in [3.63, 3.8) is 0 Å². The SMILES string of the molecule is Cc1ncc(CCN)c2c1OC(C)(C)OC2.Cc1ncc(CCNCc2cccc(C#N)c2)c2c1OC(C)(C)OC2.N#Cc1cccc(C=O)c1. The molecule has 2 aliphatic rings. The zero-order chi connectivity index (χ0) is 37.0. The molecular weight excluding hydrogens is 644 g/mol. The molecule has 2 aromatic carbocycles. The Labute approximate surface area is 300 Å². The van der Waals surface area contributed by atoms with Gasteiger partial charge in [-0.3, -0.25) is 14.8 Å². The number of hydrogen-bond donors (Lipinski definition) is 2. The highest BCUT2D eigenvalue weighted by Crippen LogP contribution is 2.36. The summed E-state index contributed by atoms with van der Waals surface area (Å²) in [5.74, 6) is 0.542. The van der Waals surface area contributed by atoms with Gasteiger partial charge >= 0.3 is 0 Å². The molecule has 11 nitrogen and oxygen atoms in total. The third kappa shape index (κ3) is 10.9. The molecule has 0 aliphatic carbocycles. The number of nitrogens with one attached hydrogen (secondary N) is 1. The Hall–Kier alpha value is -5.17. The molecule has 0 radical (unpaired) electrons. The summed E-state index contributed by atoms with van der Waals surface area (Å²) in [6, 6.07) is 18.3. The molecule has 4 heterocycles. The Morgan fingerprint density at radius 3 is 1.88 bits per heavy atom. The number of nitrogens with zero attached hydrogens (tertiary/aromatic N) is 4. The number of aryl methyl sites for hydroxylation is 2. The van der Waals surface area contributed by atoms with Gasteiger partial charge in [0, 0.05) is 63.3 Å². The third-order valence-corrected chi connectivity index (χ3v) is 8.15. The third-order valence-electron chi connectivity index (χ3n) is 8.15. The van der Waals surface area contributed by atoms with Crippen molar-refractivity contribution in [3.8, 4) is 23.6 Å². The Balaban J connectivity index is 0.000000191. The number of carbonyl (C=O) groups excluding carboxylic acids is 1. The maximum absolute atomic E-state index is 10.2. The van der Waals surface area contributed by atoms with Gasteiger partial charge in [-0.1, -0.05) is 24.3 Å². The van der Waals surface area contributed by atoms with Crippen molar-refractivity contribution in [3.05, 3.63) is 117 Å². The molecule has 2 aliphatic heterocycles. The first-order chi connectivity index (χ1) is 24.4. The second kappa shape index (κ2) is 17.7. The van der Waals surface area contributed by atoms with Crippen LogP contribution in [0.1, 0.15) is 88.4 Å². The highest BCUT2D eigenvalue weighted by molar-refractivity contribution is 5.75. The van der Waals surface area contributed by atoms with Crippen LogP contribution in [0, 0.1) is 36.5 Å². The average Bonchev–Trinajstić information content (AvgIpc) is 3.12. The summed E-state index contributed by atoms with van der Waals surface area (Å²) >= 11 is 0. The van der Waals surface area contributed by atoms with Crippen LogP contribution < -0.4 is 20.5 Å². The Morgan fingerprint density at radius 1 is 0.824 bits per heavy atom. The van der Waals surface area contributed by atoms with Crippen LogP contribution in [0.3, 0.4) is 0 Å². The molecule has 0 unspecified atom stereocenters. The molecule has 11 heteroatoms. The number of benzene rings is 2. The number of hydrogen-bond acceptors (Lipinski definition) is 11. The number of aldehydes is 1. The zero-order valence-electron chi connectivity index (χ0n) is 30.2. The molecule has 0 saturated heterocycles. The van der Waals surface area contributed by atoms with Gasteiger partial charge in [-0.05, 0) is 80.7 Å². The number of nitrogens with two attached hydrogens (primary N) is 1. The van der Waals surface area contributed by atoms with Crippen LogP contribution >= 0.6 is 0 Å². The maximum atomic E-state index is 10.2. The Kier molecular flexibility index (Phi) is 13.4. The van der Waals surface area contributed by atoms with Crippen LogP contribution in [-0.2, 0) is 42.1 Å². The van der Waals surface area contributed by atoms with Gasteiger partial charge in [0.2, 0.25) is 11.6 Å². The smallest absolute Gasteiger partial charge is 0.205 e. The molecule has 0 atom stereocenters. The molecule has 0 amide bonds. The molecule has 0 saturated carbocycles. The van der Waals surface area contributed by atoms with Crippen molar-refractivity contribution >= 4 is 6.29 Å². The first-order valence-corrected chi connectivity index (χ1v) is 16.8. The first-order valence-electron chi connectivity index (χ1n) is 16.8. The quantitative estimate of drug-likeness (QED) is 0.161. The first kappa shape index (κ1) is 38.6. The summed E-state index contributed by atoms with van der Waals surface area (Å²) in [5, 5.41) is 20.8. The van der Waals surface area contributed by atoms with E-state index >= 15 is 0 Å². The lowest BCUT2D eigenvalue weighted by atomic mass is 10.0. The van der Waals surface area contributed by atoms with Crippen molar-refractivity contribution in [2.24, 2.45) is 5.73 Å². The van der Waals surface area contributed by atoms with E-state index in [1.165, 1.54) is 0 Å². The number of aromatic nitrogens is 2. The van der Waals surface area contributed by atoms with Crippen LogP contribution in [0.5, 0.6) is 11.5 Å². The van der Waals surface area contributed by atoms with Crippen molar-refractivity contribution in [1.29, 1.82) is 10.5 Å². The molecule has 0 spiro atoms. The van der Waals surface area contributed by atoms with Gasteiger partial charge in [0.15, 0.2) is 0 Å². The summed E-state index contributed by atoms with van der Waals surface area (Å²) in [6.07, 6.45) is 6.16. The van der Waals surface area contributed by atoms with Crippen LogP contribution in [0.15, 0.2) is 60.9 Å². The van der Waals surface area contributed by atoms with Crippen LogP contribution in [0.4, 0.5) is 0 Å². The van der Waals surface area contributed by atoms with E-state index in [1.807, 2.05) is 84.3 Å². The van der Waals surface area contributed by atoms with E-state index in [1.54, 1.807) is 24.3 Å². The maximum Gasteiger partial charge on any atom is 0.205 e. The van der Waals surface area contributed by atoms with Crippen molar-refractivity contribution in [2.45, 2.75) is 85.7 Å². The molecule has 0 fully saturated rings. The number of rotatable bonds is 8. The monoisotopic (exact) mass is 690 g/mol. The molecule has 0 bridgehead atoms. The lowest BCUT2D eigenvalue weighted by molar-refractivity contribution is -0.181. The lowest BCUT2D eigenvalue weighted by Crippen LogP contribution is -2.36. The van der Waals surface area contributed by atoms with E-state index in [-0.39, 0.29) is 0 Å². The number of pyridine rings is 2. The highest BCUT2D eigenvalue weighted by Gasteiger charge is 2.31. The van der Waals surface area contributed by atoms with E-state index < -0.39 is 11.6 Å². The molecular formula is C40H46N6O5. The van der Waals surface area contributed by atoms with Gasteiger partial charge in [-0.2, -0.15) is 10.5 Å². The highest BCUT2D eigenvalue weighted by atomic mass is 16.7. The summed E-state index contributed by atoms with van der Waals surface area (Å²) in [5.41, 5.74) is 14.7. The molecule has 2 aromatic heterocycles. The summed E-state index contributed by atoms with van der Waals surface area (Å²) in [4.78, 5) is 19.0. The molecule has 51 heavy (non-hydrogen) atoms. The summed E-state index contributed by atoms with van der Waals surface area (Å²) < 4.78 is 23.2. The van der Waals surface area contributed by atoms with Gasteiger partial charge in [-0.15, -0.1) is 0 Å². The van der Waals surface area contributed by atoms with Crippen molar-refractivity contribution in [1.82, 2.24) is 15.3 Å². The summed E-state index contributed by atoms with van der Waals surface area (Å²) in [7, 11) is 0. The second-order valence-corrected chi connectivity index (χ2v) is 13.1. The zero-order valence-corrected chi connectivity index (χ0v) is 30.2. The minimum atomic E-state index is -0.609. The Bertz CT molecular complexity index is 1910. The Morgan fingerprint density at radius 2 is 1.35 bits per heavy atom. The van der Waals surface area contributed by atoms with E-state index in [0.29, 0.717) is 36.4 Å². The normalized spacial score (nSPS) is 14.6. The lowest BCUT2D eigenvalue weighted by Gasteiger charge is -2.34. The van der Waals surface area contributed by atoms with Gasteiger partial charge in [-0.25, -0.2) is 0 Å². The molecule has 266 valence electrons. The minimum absolute atomic E-state index is 0.518. The topological polar surface area (TPSA) is 165 Å². The van der Waals surface area contributed by atoms with E-state index in [4.69, 9.17) is 35.2 Å². The van der Waals surface area contributed by atoms with Crippen molar-refractivity contribution in [2.75, 3.05) is 13.1 Å². The average molecular weight is 691 g/mol. The van der Waals surface area contributed by atoms with E-state index in [0.717, 1.165) is 82.9 Å². The molecule has 3 N–H and O–H groups in total. The van der Waals surface area contributed by atoms with Gasteiger partial charge in [0.25, 0.3) is 0 Å². The predicted molar refractivity (Wildman–Crippen MR) is 193 cm³/mol. The fraction of sp³-hybridized carbons (Fsp3) is 0.375. The second-order valence-electron chi connectivity index (χ2n) is 13.1. The molecule has 4 aromatic rings. The number of nitriles is 2. The van der Waals surface area contributed by atoms with Crippen LogP contribution in [0.2, 0.25) is 0 Å². The van der Waals surface area contributed by atoms with Crippen LogP contribution in [0.25, 0.3) is 0 Å². The van der Waals surface area contributed by atoms with E-state index in [2.05, 4.69) is 21.4 Å². The molecule has 6 rings (SSSR count). The largest absolute Gasteiger partial charge is 0.461 e. The van der Waals surface area contributed by atoms with E-state index in [9.17, 15) is 4.79 Å². The summed E-state index contributed by atoms with van der Waals surface area (Å²) in [6.45, 7) is 14.8. The van der Waals surface area contributed by atoms with Gasteiger partial charge in [0.05, 0.1) is 47.9 Å². The van der Waals surface area contributed by atoms with Gasteiger partial charge < -0.3 is 30.0 Å². The van der Waals surface area contributed by atoms with Crippen molar-refractivity contribution < 1.29 is 23.7 Å². The number of ether oxygens (including phenoxy) is 4. The predicted octanol–water partition coefficient (Wildman–Crippen LogP) is 6.15. The number of carbonyl (C=O) groups is 1. The fourth-order valence-electron chi connectivity index (χ4n) is 5.46. The number of fused-ring (bicyclic) bond motifs is 2. The van der Waals surface area contributed by atoms with Crippen LogP contribution in [-0.4, -0.2) is 40.9 Å². The standard InChI is InChI=1S/C20H23N3O2.C12H18N2O2.C8H5NO/c1-14-19-18(13-24-20(2,3)25-19)17(12-23-14)7-8-22-11-16-6-4-5-15(9-16)10-21;1-8-11-10(7-15-12(2,3)16-11)9(4-5-13)6-14-8;9-5-7-2-1-3-8(4-7)6-10/h4-6,9,12,22H,7-8,11,13H2,1-3H3;6H,4-5,7,13H2,1-3H3;1-4,6H. The van der Waals surface area contributed by atoms with Gasteiger partial charge in [0.1, 0.15) is 17.8 Å². The minimum Gasteiger partial charge on any atom is -0.461 e. The fourth-order valence-corrected chi connectivity index (χ4v) is 5.46.